The molecule has 0 heterocycles. The molecule has 0 aromatic heterocycles. The van der Waals surface area contributed by atoms with Crippen LogP contribution in [-0.4, -0.2) is 19.0 Å². The zero-order chi connectivity index (χ0) is 13.3. The van der Waals surface area contributed by atoms with E-state index in [1.165, 1.54) is 0 Å². The molecule has 3 nitrogen and oxygen atoms in total. The van der Waals surface area contributed by atoms with E-state index in [0.717, 1.165) is 31.4 Å². The minimum Gasteiger partial charge on any atom is -0.467 e. The number of halogens is 3. The van der Waals surface area contributed by atoms with Crippen LogP contribution >= 0.6 is 0 Å². The fourth-order valence-corrected chi connectivity index (χ4v) is 1.42. The highest BCUT2D eigenvalue weighted by molar-refractivity contribution is 5.83. The van der Waals surface area contributed by atoms with E-state index in [0.29, 0.717) is 6.92 Å². The van der Waals surface area contributed by atoms with E-state index in [1.54, 1.807) is 0 Å². The van der Waals surface area contributed by atoms with Gasteiger partial charge in [0.15, 0.2) is 0 Å². The van der Waals surface area contributed by atoms with Gasteiger partial charge in [-0.25, -0.2) is 18.0 Å². The molecule has 94 valence electrons. The first kappa shape index (κ1) is 13.5. The van der Waals surface area contributed by atoms with Crippen LogP contribution in [0, 0.1) is 5.82 Å². The molecule has 1 rings (SSSR count). The van der Waals surface area contributed by atoms with Gasteiger partial charge >= 0.3 is 5.97 Å². The van der Waals surface area contributed by atoms with Gasteiger partial charge in [0, 0.05) is 6.92 Å². The van der Waals surface area contributed by atoms with Crippen LogP contribution in [0.3, 0.4) is 0 Å². The SMILES string of the molecule is COC(=O)C(N)(c1ccc(F)cc1)C(C)(F)F. The molecule has 0 radical (unpaired) electrons. The number of hydrogen-bond acceptors (Lipinski definition) is 3. The third-order valence-electron chi connectivity index (χ3n) is 2.50. The molecule has 1 aromatic carbocycles. The first-order valence-electron chi connectivity index (χ1n) is 4.74. The molecule has 1 aromatic rings. The van der Waals surface area contributed by atoms with Crippen molar-refractivity contribution in [1.29, 1.82) is 0 Å². The minimum atomic E-state index is -3.54. The molecule has 1 atom stereocenters. The van der Waals surface area contributed by atoms with Crippen molar-refractivity contribution < 1.29 is 22.7 Å². The van der Waals surface area contributed by atoms with Gasteiger partial charge in [0.2, 0.25) is 5.54 Å². The summed E-state index contributed by atoms with van der Waals surface area (Å²) in [5, 5.41) is 0. The fraction of sp³-hybridized carbons (Fsp3) is 0.364. The van der Waals surface area contributed by atoms with Crippen LogP contribution in [0.4, 0.5) is 13.2 Å². The molecule has 0 bridgehead atoms. The van der Waals surface area contributed by atoms with Crippen molar-refractivity contribution in [2.24, 2.45) is 5.73 Å². The molecule has 0 spiro atoms. The predicted octanol–water partition coefficient (Wildman–Crippen LogP) is 1.81. The van der Waals surface area contributed by atoms with Crippen LogP contribution in [0.15, 0.2) is 24.3 Å². The average molecular weight is 247 g/mol. The van der Waals surface area contributed by atoms with Crippen molar-refractivity contribution in [3.05, 3.63) is 35.6 Å². The highest BCUT2D eigenvalue weighted by Crippen LogP contribution is 2.36. The van der Waals surface area contributed by atoms with Crippen LogP contribution < -0.4 is 5.73 Å². The molecule has 6 heteroatoms. The Balaban J connectivity index is 3.34. The molecular weight excluding hydrogens is 235 g/mol. The summed E-state index contributed by atoms with van der Waals surface area (Å²) < 4.78 is 43.9. The van der Waals surface area contributed by atoms with E-state index < -0.39 is 23.2 Å². The predicted molar refractivity (Wildman–Crippen MR) is 54.9 cm³/mol. The van der Waals surface area contributed by atoms with Crippen LogP contribution in [0.5, 0.6) is 0 Å². The minimum absolute atomic E-state index is 0.210. The van der Waals surface area contributed by atoms with Crippen molar-refractivity contribution in [1.82, 2.24) is 0 Å². The molecule has 17 heavy (non-hydrogen) atoms. The number of hydrogen-bond donors (Lipinski definition) is 1. The lowest BCUT2D eigenvalue weighted by atomic mass is 9.85. The Bertz CT molecular complexity index is 414. The van der Waals surface area contributed by atoms with Gasteiger partial charge in [0.1, 0.15) is 5.82 Å². The first-order valence-corrected chi connectivity index (χ1v) is 4.74. The standard InChI is InChI=1S/C11H12F3NO2/c1-10(13,14)11(15,9(16)17-2)7-3-5-8(12)6-4-7/h3-6H,15H2,1-2H3. The number of rotatable bonds is 3. The molecule has 0 aliphatic heterocycles. The van der Waals surface area contributed by atoms with E-state index >= 15 is 0 Å². The number of ether oxygens (including phenoxy) is 1. The summed E-state index contributed by atoms with van der Waals surface area (Å²) in [6, 6.07) is 3.96. The molecule has 0 amide bonds. The Morgan fingerprint density at radius 3 is 2.12 bits per heavy atom. The van der Waals surface area contributed by atoms with Gasteiger partial charge in [-0.3, -0.25) is 0 Å². The molecule has 0 aliphatic carbocycles. The Kier molecular flexibility index (Phi) is 3.47. The number of methoxy groups -OCH3 is 1. The van der Waals surface area contributed by atoms with Gasteiger partial charge in [-0.05, 0) is 17.7 Å². The zero-order valence-electron chi connectivity index (χ0n) is 9.34. The third kappa shape index (κ3) is 2.26. The number of alkyl halides is 2. The summed E-state index contributed by atoms with van der Waals surface area (Å²) in [6.45, 7) is 0.507. The van der Waals surface area contributed by atoms with Gasteiger partial charge in [0.05, 0.1) is 7.11 Å². The number of carbonyl (C=O) groups is 1. The summed E-state index contributed by atoms with van der Waals surface area (Å²) >= 11 is 0. The number of esters is 1. The molecule has 0 saturated carbocycles. The average Bonchev–Trinajstić information content (AvgIpc) is 2.26. The summed E-state index contributed by atoms with van der Waals surface area (Å²) in [5.74, 6) is -5.44. The van der Waals surface area contributed by atoms with E-state index in [9.17, 15) is 18.0 Å². The molecular formula is C11H12F3NO2. The number of nitrogens with two attached hydrogens (primary N) is 1. The zero-order valence-corrected chi connectivity index (χ0v) is 9.34. The van der Waals surface area contributed by atoms with Gasteiger partial charge in [-0.15, -0.1) is 0 Å². The Morgan fingerprint density at radius 2 is 1.76 bits per heavy atom. The largest absolute Gasteiger partial charge is 0.467 e. The quantitative estimate of drug-likeness (QED) is 0.829. The second-order valence-electron chi connectivity index (χ2n) is 3.69. The van der Waals surface area contributed by atoms with E-state index in [2.05, 4.69) is 4.74 Å². The van der Waals surface area contributed by atoms with Crippen LogP contribution in [0.25, 0.3) is 0 Å². The monoisotopic (exact) mass is 247 g/mol. The number of carbonyl (C=O) groups excluding carboxylic acids is 1. The maximum Gasteiger partial charge on any atom is 0.336 e. The lowest BCUT2D eigenvalue weighted by Gasteiger charge is -2.32. The van der Waals surface area contributed by atoms with E-state index in [-0.39, 0.29) is 5.56 Å². The third-order valence-corrected chi connectivity index (χ3v) is 2.50. The molecule has 0 fully saturated rings. The van der Waals surface area contributed by atoms with Crippen LogP contribution in [0.2, 0.25) is 0 Å². The smallest absolute Gasteiger partial charge is 0.336 e. The molecule has 1 unspecified atom stereocenters. The molecule has 0 aliphatic rings. The molecule has 2 N–H and O–H groups in total. The Labute approximate surface area is 96.4 Å². The van der Waals surface area contributed by atoms with Gasteiger partial charge in [0.25, 0.3) is 5.92 Å². The summed E-state index contributed by atoms with van der Waals surface area (Å²) in [7, 11) is 0.958. The van der Waals surface area contributed by atoms with Crippen molar-refractivity contribution >= 4 is 5.97 Å². The highest BCUT2D eigenvalue weighted by atomic mass is 19.3. The number of benzene rings is 1. The topological polar surface area (TPSA) is 52.3 Å². The van der Waals surface area contributed by atoms with Crippen molar-refractivity contribution in [3.8, 4) is 0 Å². The summed E-state index contributed by atoms with van der Waals surface area (Å²) in [4.78, 5) is 11.4. The maximum absolute atomic E-state index is 13.5. The molecule has 0 saturated heterocycles. The first-order chi connectivity index (χ1) is 7.73. The second kappa shape index (κ2) is 4.37. The van der Waals surface area contributed by atoms with Crippen molar-refractivity contribution in [2.75, 3.05) is 7.11 Å². The van der Waals surface area contributed by atoms with Gasteiger partial charge in [-0.2, -0.15) is 0 Å². The van der Waals surface area contributed by atoms with E-state index in [4.69, 9.17) is 5.73 Å². The van der Waals surface area contributed by atoms with E-state index in [1.807, 2.05) is 0 Å². The lowest BCUT2D eigenvalue weighted by Crippen LogP contribution is -2.57. The highest BCUT2D eigenvalue weighted by Gasteiger charge is 2.55. The van der Waals surface area contributed by atoms with Gasteiger partial charge < -0.3 is 10.5 Å². The van der Waals surface area contributed by atoms with Crippen LogP contribution in [-0.2, 0) is 15.1 Å². The van der Waals surface area contributed by atoms with Crippen molar-refractivity contribution in [3.63, 3.8) is 0 Å². The summed E-state index contributed by atoms with van der Waals surface area (Å²) in [5.41, 5.74) is 2.61. The fourth-order valence-electron chi connectivity index (χ4n) is 1.42. The second-order valence-corrected chi connectivity index (χ2v) is 3.69. The lowest BCUT2D eigenvalue weighted by molar-refractivity contribution is -0.164. The maximum atomic E-state index is 13.5. The van der Waals surface area contributed by atoms with Crippen LogP contribution in [0.1, 0.15) is 12.5 Å². The normalized spacial score (nSPS) is 15.2. The summed E-state index contributed by atoms with van der Waals surface area (Å²) in [6.07, 6.45) is 0. The van der Waals surface area contributed by atoms with Crippen molar-refractivity contribution in [2.45, 2.75) is 18.4 Å². The Hall–Kier alpha value is -1.56. The Morgan fingerprint density at radius 1 is 1.29 bits per heavy atom. The van der Waals surface area contributed by atoms with Gasteiger partial charge in [-0.1, -0.05) is 12.1 Å².